The normalized spacial score (nSPS) is 24.6. The Labute approximate surface area is 178 Å². The van der Waals surface area contributed by atoms with Crippen molar-refractivity contribution in [1.82, 2.24) is 15.8 Å². The zero-order valence-corrected chi connectivity index (χ0v) is 18.2. The molecule has 1 aliphatic heterocycles. The van der Waals surface area contributed by atoms with Gasteiger partial charge in [-0.1, -0.05) is 18.9 Å². The molecule has 1 aromatic rings. The van der Waals surface area contributed by atoms with Crippen molar-refractivity contribution in [2.45, 2.75) is 82.9 Å². The van der Waals surface area contributed by atoms with Crippen molar-refractivity contribution in [2.24, 2.45) is 16.8 Å². The third-order valence-corrected chi connectivity index (χ3v) is 6.38. The molecule has 1 atom stereocenters. The molecule has 7 nitrogen and oxygen atoms in total. The topological polar surface area (TPSA) is 84.8 Å². The molecule has 0 spiro atoms. The maximum Gasteiger partial charge on any atom is 0.270 e. The fraction of sp³-hybridized carbons (Fsp3) is 0.696. The zero-order chi connectivity index (χ0) is 20.9. The number of nitrogens with one attached hydrogen (secondary N) is 2. The number of rotatable bonds is 9. The molecule has 4 aliphatic rings. The molecule has 0 saturated heterocycles. The zero-order valence-electron chi connectivity index (χ0n) is 18.2. The van der Waals surface area contributed by atoms with E-state index in [2.05, 4.69) is 20.8 Å². The molecular weight excluding hydrogens is 380 g/mol. The molecule has 162 valence electrons. The van der Waals surface area contributed by atoms with E-state index in [1.54, 1.807) is 0 Å². The van der Waals surface area contributed by atoms with Crippen molar-refractivity contribution < 1.29 is 14.4 Å². The van der Waals surface area contributed by atoms with Gasteiger partial charge in [-0.25, -0.2) is 20.3 Å². The summed E-state index contributed by atoms with van der Waals surface area (Å²) in [5.74, 6) is 2.89. The average Bonchev–Trinajstić information content (AvgIpc) is 3.56. The lowest BCUT2D eigenvalue weighted by molar-refractivity contribution is -0.0281. The van der Waals surface area contributed by atoms with E-state index in [9.17, 15) is 4.79 Å². The van der Waals surface area contributed by atoms with E-state index in [0.29, 0.717) is 41.8 Å². The largest absolute Gasteiger partial charge is 0.477 e. The van der Waals surface area contributed by atoms with Gasteiger partial charge < -0.3 is 10.1 Å². The highest BCUT2D eigenvalue weighted by Crippen LogP contribution is 2.44. The quantitative estimate of drug-likeness (QED) is 0.646. The number of hydrogen-bond acceptors (Lipinski definition) is 6. The van der Waals surface area contributed by atoms with Crippen LogP contribution in [0.2, 0.25) is 0 Å². The average molecular weight is 413 g/mol. The molecule has 3 fully saturated rings. The highest BCUT2D eigenvalue weighted by molar-refractivity contribution is 6.00. The number of pyridine rings is 1. The Morgan fingerprint density at radius 3 is 2.57 bits per heavy atom. The molecule has 2 heterocycles. The SMILES string of the molecule is CC1(C)N=C([C@@](C)(CC2CC2)NC(=O)c2ccc(C3CC3)c(OCC3CC3)n2)NO1. The van der Waals surface area contributed by atoms with E-state index >= 15 is 0 Å². The van der Waals surface area contributed by atoms with Crippen LogP contribution in [0.1, 0.15) is 87.7 Å². The second kappa shape index (κ2) is 7.22. The van der Waals surface area contributed by atoms with Crippen molar-refractivity contribution in [2.75, 3.05) is 6.61 Å². The van der Waals surface area contributed by atoms with Gasteiger partial charge in [0.15, 0.2) is 5.72 Å². The number of aromatic nitrogens is 1. The molecule has 1 aromatic heterocycles. The molecular formula is C23H32N4O3. The molecule has 7 heteroatoms. The molecule has 2 N–H and O–H groups in total. The van der Waals surface area contributed by atoms with Gasteiger partial charge >= 0.3 is 0 Å². The lowest BCUT2D eigenvalue weighted by Gasteiger charge is -2.30. The van der Waals surface area contributed by atoms with E-state index in [0.717, 1.165) is 12.0 Å². The Morgan fingerprint density at radius 1 is 1.23 bits per heavy atom. The Hall–Kier alpha value is -2.15. The molecule has 3 aliphatic carbocycles. The van der Waals surface area contributed by atoms with Crippen LogP contribution in [-0.4, -0.2) is 34.6 Å². The van der Waals surface area contributed by atoms with Crippen molar-refractivity contribution in [1.29, 1.82) is 0 Å². The summed E-state index contributed by atoms with van der Waals surface area (Å²) in [6.45, 7) is 6.51. The number of carbonyl (C=O) groups excluding carboxylic acids is 1. The molecule has 3 saturated carbocycles. The number of ether oxygens (including phenoxy) is 1. The van der Waals surface area contributed by atoms with Crippen LogP contribution in [0, 0.1) is 11.8 Å². The first kappa shape index (κ1) is 19.8. The number of amides is 1. The standard InChI is InChI=1S/C23H32N4O3/c1-22(2)26-21(27-30-22)23(3,12-14-4-5-14)25-19(28)18-11-10-17(16-8-9-16)20(24-18)29-13-15-6-7-15/h10-11,14-16H,4-9,12-13H2,1-3H3,(H,25,28)(H,26,27)/t23-/m1/s1. The first-order valence-electron chi connectivity index (χ1n) is 11.3. The van der Waals surface area contributed by atoms with Crippen LogP contribution in [0.3, 0.4) is 0 Å². The number of amidine groups is 1. The Kier molecular flexibility index (Phi) is 4.76. The maximum absolute atomic E-state index is 13.2. The Bertz CT molecular complexity index is 871. The van der Waals surface area contributed by atoms with Crippen molar-refractivity contribution in [3.63, 3.8) is 0 Å². The molecule has 0 radical (unpaired) electrons. The Morgan fingerprint density at radius 2 is 1.97 bits per heavy atom. The predicted octanol–water partition coefficient (Wildman–Crippen LogP) is 3.71. The van der Waals surface area contributed by atoms with Crippen LogP contribution >= 0.6 is 0 Å². The number of aliphatic imine (C=N–C) groups is 1. The van der Waals surface area contributed by atoms with Gasteiger partial charge in [0.2, 0.25) is 5.88 Å². The molecule has 30 heavy (non-hydrogen) atoms. The third-order valence-electron chi connectivity index (χ3n) is 6.38. The van der Waals surface area contributed by atoms with Crippen molar-refractivity contribution in [3.8, 4) is 5.88 Å². The van der Waals surface area contributed by atoms with E-state index in [4.69, 9.17) is 9.57 Å². The maximum atomic E-state index is 13.2. The summed E-state index contributed by atoms with van der Waals surface area (Å²) in [7, 11) is 0. The van der Waals surface area contributed by atoms with Crippen molar-refractivity contribution >= 4 is 11.7 Å². The summed E-state index contributed by atoms with van der Waals surface area (Å²) < 4.78 is 6.04. The fourth-order valence-electron chi connectivity index (χ4n) is 4.02. The van der Waals surface area contributed by atoms with E-state index in [-0.39, 0.29) is 5.91 Å². The van der Waals surface area contributed by atoms with Gasteiger partial charge in [0.1, 0.15) is 11.5 Å². The monoisotopic (exact) mass is 412 g/mol. The van der Waals surface area contributed by atoms with Crippen LogP contribution in [0.25, 0.3) is 0 Å². The van der Waals surface area contributed by atoms with Gasteiger partial charge in [-0.3, -0.25) is 4.79 Å². The summed E-state index contributed by atoms with van der Waals surface area (Å²) in [6.07, 6.45) is 8.02. The van der Waals surface area contributed by atoms with Gasteiger partial charge in [0.25, 0.3) is 5.91 Å². The number of carbonyl (C=O) groups is 1. The van der Waals surface area contributed by atoms with Crippen LogP contribution in [0.4, 0.5) is 0 Å². The fourth-order valence-corrected chi connectivity index (χ4v) is 4.02. The minimum absolute atomic E-state index is 0.203. The van der Waals surface area contributed by atoms with E-state index in [1.807, 2.05) is 32.9 Å². The van der Waals surface area contributed by atoms with Gasteiger partial charge in [-0.15, -0.1) is 0 Å². The van der Waals surface area contributed by atoms with Crippen LogP contribution in [0.15, 0.2) is 17.1 Å². The minimum Gasteiger partial charge on any atom is -0.477 e. The molecule has 0 bridgehead atoms. The van der Waals surface area contributed by atoms with E-state index in [1.165, 1.54) is 38.5 Å². The van der Waals surface area contributed by atoms with Gasteiger partial charge in [0.05, 0.1) is 12.1 Å². The summed E-state index contributed by atoms with van der Waals surface area (Å²) in [5, 5.41) is 3.20. The van der Waals surface area contributed by atoms with Crippen molar-refractivity contribution in [3.05, 3.63) is 23.4 Å². The van der Waals surface area contributed by atoms with Crippen LogP contribution in [0.5, 0.6) is 5.88 Å². The molecule has 0 aromatic carbocycles. The number of nitrogens with zero attached hydrogens (tertiary/aromatic N) is 2. The van der Waals surface area contributed by atoms with E-state index < -0.39 is 11.3 Å². The summed E-state index contributed by atoms with van der Waals surface area (Å²) in [4.78, 5) is 28.1. The number of hydroxylamine groups is 1. The predicted molar refractivity (Wildman–Crippen MR) is 113 cm³/mol. The van der Waals surface area contributed by atoms with Gasteiger partial charge in [-0.2, -0.15) is 0 Å². The lowest BCUT2D eigenvalue weighted by atomic mass is 9.92. The number of hydrogen-bond donors (Lipinski definition) is 2. The first-order chi connectivity index (χ1) is 14.3. The van der Waals surface area contributed by atoms with Gasteiger partial charge in [0, 0.05) is 5.56 Å². The summed E-state index contributed by atoms with van der Waals surface area (Å²) >= 11 is 0. The third kappa shape index (κ3) is 4.46. The second-order valence-electron chi connectivity index (χ2n) is 10.2. The van der Waals surface area contributed by atoms with Crippen LogP contribution in [-0.2, 0) is 4.84 Å². The first-order valence-corrected chi connectivity index (χ1v) is 11.3. The van der Waals surface area contributed by atoms with Crippen LogP contribution < -0.4 is 15.5 Å². The van der Waals surface area contributed by atoms with Gasteiger partial charge in [-0.05, 0) is 76.7 Å². The minimum atomic E-state index is -0.640. The Balaban J connectivity index is 1.36. The molecule has 0 unspecified atom stereocenters. The summed E-state index contributed by atoms with van der Waals surface area (Å²) in [5.41, 5.74) is 3.22. The second-order valence-corrected chi connectivity index (χ2v) is 10.2. The highest BCUT2D eigenvalue weighted by Gasteiger charge is 2.43. The smallest absolute Gasteiger partial charge is 0.270 e. The summed E-state index contributed by atoms with van der Waals surface area (Å²) in [6, 6.07) is 3.85. The highest BCUT2D eigenvalue weighted by atomic mass is 16.7. The molecule has 1 amide bonds. The lowest BCUT2D eigenvalue weighted by Crippen LogP contribution is -2.56. The molecule has 5 rings (SSSR count).